The van der Waals surface area contributed by atoms with E-state index in [9.17, 15) is 4.79 Å². The fourth-order valence-electron chi connectivity index (χ4n) is 4.26. The lowest BCUT2D eigenvalue weighted by molar-refractivity contribution is -0.122. The quantitative estimate of drug-likeness (QED) is 0.786. The molecule has 1 spiro atoms. The molecule has 0 N–H and O–H groups in total. The van der Waals surface area contributed by atoms with Crippen LogP contribution in [0.4, 0.5) is 5.69 Å². The zero-order valence-electron chi connectivity index (χ0n) is 11.8. The van der Waals surface area contributed by atoms with Gasteiger partial charge < -0.3 is 9.64 Å². The average Bonchev–Trinajstić information content (AvgIpc) is 3.21. The van der Waals surface area contributed by atoms with Crippen LogP contribution in [0.3, 0.4) is 0 Å². The van der Waals surface area contributed by atoms with Crippen molar-refractivity contribution < 1.29 is 9.53 Å². The largest absolute Gasteiger partial charge is 0.381 e. The van der Waals surface area contributed by atoms with Crippen molar-refractivity contribution in [2.24, 2.45) is 5.92 Å². The van der Waals surface area contributed by atoms with Gasteiger partial charge >= 0.3 is 0 Å². The van der Waals surface area contributed by atoms with Crippen LogP contribution < -0.4 is 4.90 Å². The maximum Gasteiger partial charge on any atom is 0.232 e. The number of benzene rings is 1. The van der Waals surface area contributed by atoms with Crippen molar-refractivity contribution in [1.82, 2.24) is 0 Å². The summed E-state index contributed by atoms with van der Waals surface area (Å²) in [5.41, 5.74) is 2.81. The second-order valence-electron chi connectivity index (χ2n) is 6.49. The van der Waals surface area contributed by atoms with E-state index in [1.807, 2.05) is 0 Å². The van der Waals surface area contributed by atoms with E-state index in [1.54, 1.807) is 0 Å². The summed E-state index contributed by atoms with van der Waals surface area (Å²) in [7, 11) is 0. The maximum atomic E-state index is 12.8. The van der Waals surface area contributed by atoms with E-state index in [-0.39, 0.29) is 17.2 Å². The van der Waals surface area contributed by atoms with Crippen LogP contribution in [-0.2, 0) is 14.9 Å². The molecule has 1 amide bonds. The minimum Gasteiger partial charge on any atom is -0.381 e. The van der Waals surface area contributed by atoms with Gasteiger partial charge in [0.15, 0.2) is 0 Å². The molecule has 0 radical (unpaired) electrons. The summed E-state index contributed by atoms with van der Waals surface area (Å²) in [5.74, 6) is 0.346. The van der Waals surface area contributed by atoms with Crippen LogP contribution in [0.5, 0.6) is 0 Å². The van der Waals surface area contributed by atoms with Gasteiger partial charge in [-0.15, -0.1) is 0 Å². The highest BCUT2D eigenvalue weighted by Crippen LogP contribution is 2.50. The van der Waals surface area contributed by atoms with E-state index in [0.29, 0.717) is 6.61 Å². The van der Waals surface area contributed by atoms with Gasteiger partial charge in [0.2, 0.25) is 5.91 Å². The van der Waals surface area contributed by atoms with E-state index in [0.717, 1.165) is 25.3 Å². The van der Waals surface area contributed by atoms with Crippen molar-refractivity contribution in [2.75, 3.05) is 24.7 Å². The number of ether oxygens (including phenoxy) is 1. The molecule has 1 aliphatic carbocycles. The van der Waals surface area contributed by atoms with Gasteiger partial charge in [-0.3, -0.25) is 4.79 Å². The number of rotatable bonds is 1. The Labute approximate surface area is 119 Å². The topological polar surface area (TPSA) is 29.5 Å². The minimum absolute atomic E-state index is 0.0691. The molecule has 1 atom stereocenters. The summed E-state index contributed by atoms with van der Waals surface area (Å²) in [4.78, 5) is 14.9. The van der Waals surface area contributed by atoms with E-state index >= 15 is 0 Å². The van der Waals surface area contributed by atoms with Gasteiger partial charge in [-0.05, 0) is 30.9 Å². The molecule has 2 aliphatic heterocycles. The van der Waals surface area contributed by atoms with Gasteiger partial charge in [-0.1, -0.05) is 31.0 Å². The SMILES string of the molecule is O=C([C@H]1CCOC1)N1CC2(CCCC2)c2ccccc21. The summed E-state index contributed by atoms with van der Waals surface area (Å²) >= 11 is 0. The molecule has 1 saturated heterocycles. The van der Waals surface area contributed by atoms with Crippen molar-refractivity contribution in [1.29, 1.82) is 0 Å². The first-order chi connectivity index (χ1) is 9.80. The Kier molecular flexibility index (Phi) is 2.84. The highest BCUT2D eigenvalue weighted by molar-refractivity contribution is 5.98. The molecule has 1 saturated carbocycles. The highest BCUT2D eigenvalue weighted by Gasteiger charge is 2.47. The number of hydrogen-bond acceptors (Lipinski definition) is 2. The van der Waals surface area contributed by atoms with Crippen LogP contribution >= 0.6 is 0 Å². The molecule has 1 aromatic rings. The van der Waals surface area contributed by atoms with Gasteiger partial charge in [0, 0.05) is 24.3 Å². The number of fused-ring (bicyclic) bond motifs is 2. The first-order valence-corrected chi connectivity index (χ1v) is 7.79. The Morgan fingerprint density at radius 2 is 2.05 bits per heavy atom. The Morgan fingerprint density at radius 1 is 1.25 bits per heavy atom. The highest BCUT2D eigenvalue weighted by atomic mass is 16.5. The van der Waals surface area contributed by atoms with Gasteiger partial charge in [-0.2, -0.15) is 0 Å². The first kappa shape index (κ1) is 12.4. The number of nitrogens with zero attached hydrogens (tertiary/aromatic N) is 1. The van der Waals surface area contributed by atoms with Crippen molar-refractivity contribution in [3.05, 3.63) is 29.8 Å². The molecule has 3 nitrogen and oxygen atoms in total. The monoisotopic (exact) mass is 271 g/mol. The third-order valence-corrected chi connectivity index (χ3v) is 5.33. The van der Waals surface area contributed by atoms with Crippen LogP contribution in [0.2, 0.25) is 0 Å². The minimum atomic E-state index is 0.0691. The van der Waals surface area contributed by atoms with Crippen molar-refractivity contribution >= 4 is 11.6 Å². The fourth-order valence-corrected chi connectivity index (χ4v) is 4.26. The van der Waals surface area contributed by atoms with E-state index < -0.39 is 0 Å². The normalized spacial score (nSPS) is 27.2. The van der Waals surface area contributed by atoms with Crippen LogP contribution in [0.1, 0.15) is 37.7 Å². The Balaban J connectivity index is 1.70. The van der Waals surface area contributed by atoms with Crippen LogP contribution in [0.25, 0.3) is 0 Å². The van der Waals surface area contributed by atoms with Crippen LogP contribution in [0.15, 0.2) is 24.3 Å². The predicted molar refractivity (Wildman–Crippen MR) is 77.9 cm³/mol. The lowest BCUT2D eigenvalue weighted by atomic mass is 9.81. The maximum absolute atomic E-state index is 12.8. The van der Waals surface area contributed by atoms with Gasteiger partial charge in [0.05, 0.1) is 12.5 Å². The van der Waals surface area contributed by atoms with Crippen molar-refractivity contribution in [3.63, 3.8) is 0 Å². The second-order valence-corrected chi connectivity index (χ2v) is 6.49. The predicted octanol–water partition coefficient (Wildman–Crippen LogP) is 2.88. The zero-order chi connectivity index (χ0) is 13.6. The Bertz CT molecular complexity index is 528. The average molecular weight is 271 g/mol. The number of carbonyl (C=O) groups excluding carboxylic acids is 1. The first-order valence-electron chi connectivity index (χ1n) is 7.79. The van der Waals surface area contributed by atoms with E-state index in [1.165, 1.54) is 31.2 Å². The van der Waals surface area contributed by atoms with E-state index in [2.05, 4.69) is 29.2 Å². The summed E-state index contributed by atoms with van der Waals surface area (Å²) in [5, 5.41) is 0. The lowest BCUT2D eigenvalue weighted by Crippen LogP contribution is -2.39. The molecular weight excluding hydrogens is 250 g/mol. The lowest BCUT2D eigenvalue weighted by Gasteiger charge is -2.25. The second kappa shape index (κ2) is 4.59. The molecule has 20 heavy (non-hydrogen) atoms. The van der Waals surface area contributed by atoms with Gasteiger partial charge in [0.25, 0.3) is 0 Å². The van der Waals surface area contributed by atoms with Crippen molar-refractivity contribution in [3.8, 4) is 0 Å². The number of amides is 1. The van der Waals surface area contributed by atoms with Crippen molar-refractivity contribution in [2.45, 2.75) is 37.5 Å². The molecule has 2 heterocycles. The van der Waals surface area contributed by atoms with Gasteiger partial charge in [-0.25, -0.2) is 0 Å². The van der Waals surface area contributed by atoms with Crippen LogP contribution in [0, 0.1) is 5.92 Å². The smallest absolute Gasteiger partial charge is 0.232 e. The third-order valence-electron chi connectivity index (χ3n) is 5.33. The van der Waals surface area contributed by atoms with Crippen LogP contribution in [-0.4, -0.2) is 25.7 Å². The molecule has 2 fully saturated rings. The number of carbonyl (C=O) groups is 1. The summed E-state index contributed by atoms with van der Waals surface area (Å²) in [6.07, 6.45) is 5.93. The number of anilines is 1. The molecule has 3 heteroatoms. The third kappa shape index (κ3) is 1.72. The number of para-hydroxylation sites is 1. The standard InChI is InChI=1S/C17H21NO2/c19-16(13-7-10-20-11-13)18-12-17(8-3-4-9-17)14-5-1-2-6-15(14)18/h1-2,5-6,13H,3-4,7-12H2/t13-/m0/s1. The summed E-state index contributed by atoms with van der Waals surface area (Å²) in [6.45, 7) is 2.23. The molecule has 0 bridgehead atoms. The number of hydrogen-bond donors (Lipinski definition) is 0. The molecular formula is C17H21NO2. The summed E-state index contributed by atoms with van der Waals surface area (Å²) in [6, 6.07) is 8.53. The molecule has 1 aromatic carbocycles. The summed E-state index contributed by atoms with van der Waals surface area (Å²) < 4.78 is 5.40. The molecule has 0 unspecified atom stereocenters. The fraction of sp³-hybridized carbons (Fsp3) is 0.588. The van der Waals surface area contributed by atoms with Gasteiger partial charge in [0.1, 0.15) is 0 Å². The van der Waals surface area contributed by atoms with E-state index in [4.69, 9.17) is 4.74 Å². The zero-order valence-corrected chi connectivity index (χ0v) is 11.8. The molecule has 3 aliphatic rings. The Morgan fingerprint density at radius 3 is 2.80 bits per heavy atom. The molecule has 0 aromatic heterocycles. The molecule has 106 valence electrons. The Hall–Kier alpha value is -1.35. The molecule has 4 rings (SSSR count).